The van der Waals surface area contributed by atoms with E-state index in [0.29, 0.717) is 16.5 Å². The van der Waals surface area contributed by atoms with Gasteiger partial charge in [-0.2, -0.15) is 0 Å². The van der Waals surface area contributed by atoms with Crippen LogP contribution in [0.25, 0.3) is 0 Å². The molecule has 0 spiro atoms. The van der Waals surface area contributed by atoms with Crippen LogP contribution in [0.1, 0.15) is 43.7 Å². The van der Waals surface area contributed by atoms with Gasteiger partial charge in [-0.15, -0.1) is 0 Å². The van der Waals surface area contributed by atoms with Crippen LogP contribution in [-0.2, 0) is 16.0 Å². The molecule has 1 heterocycles. The molecule has 0 aromatic heterocycles. The number of carbonyl (C=O) groups excluding carboxylic acids is 2. The lowest BCUT2D eigenvalue weighted by Crippen LogP contribution is -2.43. The predicted octanol–water partition coefficient (Wildman–Crippen LogP) is 6.57. The Morgan fingerprint density at radius 1 is 1.07 bits per heavy atom. The molecule has 2 aromatic rings. The quantitative estimate of drug-likeness (QED) is 0.255. The molecule has 2 aromatic carbocycles. The van der Waals surface area contributed by atoms with Crippen molar-refractivity contribution in [1.82, 2.24) is 15.1 Å². The molecule has 1 N–H and O–H groups in total. The molecule has 232 valence electrons. The molecule has 1 atom stereocenters. The zero-order valence-corrected chi connectivity index (χ0v) is 27.3. The van der Waals surface area contributed by atoms with Gasteiger partial charge >= 0.3 is 0 Å². The van der Waals surface area contributed by atoms with E-state index < -0.39 is 0 Å². The number of hydrogen-bond acceptors (Lipinski definition) is 5. The highest BCUT2D eigenvalue weighted by Crippen LogP contribution is 2.32. The van der Waals surface area contributed by atoms with E-state index in [0.717, 1.165) is 42.5 Å². The molecular weight excluding hydrogens is 579 g/mol. The Kier molecular flexibility index (Phi) is 14.5. The average molecular weight is 626 g/mol. The molecule has 8 heteroatoms. The van der Waals surface area contributed by atoms with E-state index in [1.54, 1.807) is 9.80 Å². The summed E-state index contributed by atoms with van der Waals surface area (Å²) in [6.07, 6.45) is 11.8. The number of allylic oxidation sites excluding steroid dienone is 3. The Morgan fingerprint density at radius 3 is 2.37 bits per heavy atom. The van der Waals surface area contributed by atoms with Crippen molar-refractivity contribution in [1.29, 1.82) is 0 Å². The number of halogens is 2. The lowest BCUT2D eigenvalue weighted by atomic mass is 10.0. The first-order valence-electron chi connectivity index (χ1n) is 15.1. The fraction of sp³-hybridized carbons (Fsp3) is 0.429. The first kappa shape index (κ1) is 34.6. The van der Waals surface area contributed by atoms with Crippen LogP contribution in [-0.4, -0.2) is 81.4 Å². The number of benzene rings is 2. The molecule has 1 unspecified atom stereocenters. The molecular formula is C35H46Cl2N4O2. The maximum Gasteiger partial charge on any atom is 0.242 e. The summed E-state index contributed by atoms with van der Waals surface area (Å²) in [6.45, 7) is 11.1. The number of carbonyl (C=O) groups is 2. The van der Waals surface area contributed by atoms with Crippen LogP contribution in [0.3, 0.4) is 0 Å². The van der Waals surface area contributed by atoms with Crippen molar-refractivity contribution in [3.63, 3.8) is 0 Å². The molecule has 0 saturated carbocycles. The van der Waals surface area contributed by atoms with Gasteiger partial charge in [0.15, 0.2) is 0 Å². The van der Waals surface area contributed by atoms with E-state index in [4.69, 9.17) is 23.2 Å². The average Bonchev–Trinajstić information content (AvgIpc) is 3.68. The Balaban J connectivity index is 0.000000480. The van der Waals surface area contributed by atoms with Gasteiger partial charge in [-0.05, 0) is 106 Å². The molecule has 4 rings (SSSR count). The first-order chi connectivity index (χ1) is 20.8. The highest BCUT2D eigenvalue weighted by atomic mass is 35.5. The third-order valence-electron chi connectivity index (χ3n) is 8.07. The topological polar surface area (TPSA) is 55.9 Å². The molecule has 6 nitrogen and oxygen atoms in total. The molecule has 0 radical (unpaired) electrons. The molecule has 1 aliphatic heterocycles. The lowest BCUT2D eigenvalue weighted by Gasteiger charge is -2.30. The highest BCUT2D eigenvalue weighted by molar-refractivity contribution is 6.31. The van der Waals surface area contributed by atoms with Gasteiger partial charge < -0.3 is 24.8 Å². The molecule has 43 heavy (non-hydrogen) atoms. The van der Waals surface area contributed by atoms with Crippen molar-refractivity contribution in [3.05, 3.63) is 99.6 Å². The number of anilines is 1. The zero-order valence-electron chi connectivity index (χ0n) is 25.8. The highest BCUT2D eigenvalue weighted by Gasteiger charge is 2.28. The Hall–Kier alpha value is -2.90. The van der Waals surface area contributed by atoms with E-state index in [1.165, 1.54) is 43.6 Å². The molecule has 0 bridgehead atoms. The first-order valence-corrected chi connectivity index (χ1v) is 15.9. The number of rotatable bonds is 13. The molecule has 1 amide bonds. The minimum absolute atomic E-state index is 0.0468. The number of nitrogens with one attached hydrogen (secondary N) is 1. The van der Waals surface area contributed by atoms with Crippen molar-refractivity contribution in [3.8, 4) is 0 Å². The summed E-state index contributed by atoms with van der Waals surface area (Å²) in [5.74, 6) is -0.0468. The number of amides is 1. The van der Waals surface area contributed by atoms with Gasteiger partial charge in [0, 0.05) is 41.9 Å². The fourth-order valence-corrected chi connectivity index (χ4v) is 5.89. The number of hydrogen-bond donors (Lipinski definition) is 1. The van der Waals surface area contributed by atoms with Gasteiger partial charge in [-0.25, -0.2) is 0 Å². The second-order valence-corrected chi connectivity index (χ2v) is 12.0. The second-order valence-electron chi connectivity index (χ2n) is 11.1. The van der Waals surface area contributed by atoms with Crippen LogP contribution >= 0.6 is 23.2 Å². The number of likely N-dealkylation sites (tertiary alicyclic amines) is 1. The monoisotopic (exact) mass is 624 g/mol. The van der Waals surface area contributed by atoms with Gasteiger partial charge in [0.05, 0.1) is 13.1 Å². The number of likely N-dealkylation sites (N-methyl/N-ethyl adjacent to an activating group) is 2. The molecule has 1 saturated heterocycles. The normalized spacial score (nSPS) is 16.7. The summed E-state index contributed by atoms with van der Waals surface area (Å²) in [7, 11) is 3.84. The summed E-state index contributed by atoms with van der Waals surface area (Å²) in [5.41, 5.74) is 5.23. The van der Waals surface area contributed by atoms with E-state index in [9.17, 15) is 9.59 Å². The maximum absolute atomic E-state index is 13.3. The summed E-state index contributed by atoms with van der Waals surface area (Å²) < 4.78 is 0. The SMILES string of the molecule is C=CC1=C(/C=C\C)CC(N(C)C(=O)CN(CC=O)c2cc(Cl)ccc2Cc2ccc(Cl)cc2)C1.CNCCN1CCCC1. The molecule has 1 fully saturated rings. The second kappa shape index (κ2) is 18.0. The molecule has 2 aliphatic rings. The third kappa shape index (κ3) is 10.6. The van der Waals surface area contributed by atoms with Gasteiger partial charge in [0.1, 0.15) is 6.29 Å². The van der Waals surface area contributed by atoms with E-state index >= 15 is 0 Å². The van der Waals surface area contributed by atoms with Gasteiger partial charge in [0.25, 0.3) is 0 Å². The van der Waals surface area contributed by atoms with Gasteiger partial charge in [0.2, 0.25) is 5.91 Å². The van der Waals surface area contributed by atoms with Crippen molar-refractivity contribution >= 4 is 41.1 Å². The van der Waals surface area contributed by atoms with Crippen molar-refractivity contribution in [2.24, 2.45) is 0 Å². The maximum atomic E-state index is 13.3. The summed E-state index contributed by atoms with van der Waals surface area (Å²) in [6, 6.07) is 13.3. The van der Waals surface area contributed by atoms with E-state index in [1.807, 2.05) is 75.6 Å². The minimum atomic E-state index is -0.0468. The van der Waals surface area contributed by atoms with Crippen LogP contribution < -0.4 is 10.2 Å². The van der Waals surface area contributed by atoms with Crippen molar-refractivity contribution in [2.45, 2.75) is 45.1 Å². The molecule has 1 aliphatic carbocycles. The van der Waals surface area contributed by atoms with Crippen LogP contribution in [0.2, 0.25) is 10.0 Å². The Labute approximate surface area is 268 Å². The fourth-order valence-electron chi connectivity index (χ4n) is 5.60. The predicted molar refractivity (Wildman–Crippen MR) is 181 cm³/mol. The van der Waals surface area contributed by atoms with Gasteiger partial charge in [-0.3, -0.25) is 4.79 Å². The zero-order chi connectivity index (χ0) is 31.2. The van der Waals surface area contributed by atoms with Crippen LogP contribution in [0.5, 0.6) is 0 Å². The van der Waals surface area contributed by atoms with Crippen LogP contribution in [0, 0.1) is 0 Å². The number of nitrogens with zero attached hydrogens (tertiary/aromatic N) is 3. The van der Waals surface area contributed by atoms with E-state index in [-0.39, 0.29) is 25.0 Å². The van der Waals surface area contributed by atoms with Crippen molar-refractivity contribution in [2.75, 3.05) is 58.3 Å². The smallest absolute Gasteiger partial charge is 0.242 e. The van der Waals surface area contributed by atoms with Crippen LogP contribution in [0.4, 0.5) is 5.69 Å². The standard InChI is InChI=1S/C28H30Cl2N2O2.C7H16N2/c1-4-6-22-17-26(16-21(22)5-2)31(3)28(34)19-32(13-14-33)27-18-25(30)12-9-23(27)15-20-7-10-24(29)11-8-20;1-8-4-7-9-5-2-3-6-9/h4-12,14,18,26H,2,13,15-17,19H2,1,3H3;8H,2-7H2,1H3/b6-4-;. The summed E-state index contributed by atoms with van der Waals surface area (Å²) in [5, 5.41) is 4.38. The van der Waals surface area contributed by atoms with Crippen molar-refractivity contribution < 1.29 is 9.59 Å². The van der Waals surface area contributed by atoms with Gasteiger partial charge in [-0.1, -0.05) is 66.2 Å². The summed E-state index contributed by atoms with van der Waals surface area (Å²) in [4.78, 5) is 30.9. The third-order valence-corrected chi connectivity index (χ3v) is 8.56. The lowest BCUT2D eigenvalue weighted by molar-refractivity contribution is -0.130. The largest absolute Gasteiger partial charge is 0.355 e. The summed E-state index contributed by atoms with van der Waals surface area (Å²) >= 11 is 12.3. The van der Waals surface area contributed by atoms with E-state index in [2.05, 4.69) is 22.9 Å². The number of aldehydes is 1. The minimum Gasteiger partial charge on any atom is -0.355 e. The Bertz CT molecular complexity index is 1270. The Morgan fingerprint density at radius 2 is 1.74 bits per heavy atom. The van der Waals surface area contributed by atoms with Crippen LogP contribution in [0.15, 0.2) is 78.4 Å².